The summed E-state index contributed by atoms with van der Waals surface area (Å²) in [6.07, 6.45) is 4.36. The van der Waals surface area contributed by atoms with Gasteiger partial charge in [0.15, 0.2) is 5.16 Å². The number of hydrogen-bond acceptors (Lipinski definition) is 3. The predicted octanol–water partition coefficient (Wildman–Crippen LogP) is 4.95. The Labute approximate surface area is 156 Å². The second-order valence-corrected chi connectivity index (χ2v) is 7.64. The molecule has 1 aliphatic carbocycles. The van der Waals surface area contributed by atoms with E-state index in [4.69, 9.17) is 0 Å². The quantitative estimate of drug-likeness (QED) is 0.641. The highest BCUT2D eigenvalue weighted by Crippen LogP contribution is 2.34. The van der Waals surface area contributed by atoms with E-state index in [0.717, 1.165) is 34.8 Å². The Balaban J connectivity index is 1.71. The first kappa shape index (κ1) is 17.0. The van der Waals surface area contributed by atoms with Crippen LogP contribution in [0.1, 0.15) is 24.8 Å². The van der Waals surface area contributed by atoms with Gasteiger partial charge in [0.2, 0.25) is 0 Å². The van der Waals surface area contributed by atoms with Crippen LogP contribution in [0.25, 0.3) is 11.3 Å². The van der Waals surface area contributed by atoms with Crippen LogP contribution >= 0.6 is 11.8 Å². The van der Waals surface area contributed by atoms with Gasteiger partial charge in [-0.2, -0.15) is 0 Å². The molecule has 0 N–H and O–H groups in total. The maximum absolute atomic E-state index is 13.3. The van der Waals surface area contributed by atoms with Crippen molar-refractivity contribution in [2.75, 3.05) is 0 Å². The fraction of sp³-hybridized carbons (Fsp3) is 0.238. The summed E-state index contributed by atoms with van der Waals surface area (Å²) >= 11 is 1.55. The molecular formula is C21H19FN2OS. The predicted molar refractivity (Wildman–Crippen MR) is 102 cm³/mol. The summed E-state index contributed by atoms with van der Waals surface area (Å²) in [6, 6.07) is 16.6. The highest BCUT2D eigenvalue weighted by molar-refractivity contribution is 8.00. The maximum Gasteiger partial charge on any atom is 0.169 e. The third kappa shape index (κ3) is 3.58. The average Bonchev–Trinajstić information content (AvgIpc) is 3.24. The van der Waals surface area contributed by atoms with Crippen molar-refractivity contribution in [1.29, 1.82) is 0 Å². The summed E-state index contributed by atoms with van der Waals surface area (Å²) in [5, 5.41) is 0.835. The minimum atomic E-state index is -0.256. The van der Waals surface area contributed by atoms with Gasteiger partial charge in [0, 0.05) is 6.42 Å². The molecule has 0 bridgehead atoms. The van der Waals surface area contributed by atoms with Gasteiger partial charge in [0.1, 0.15) is 11.6 Å². The molecule has 0 radical (unpaired) electrons. The average molecular weight is 366 g/mol. The molecule has 26 heavy (non-hydrogen) atoms. The summed E-state index contributed by atoms with van der Waals surface area (Å²) in [6.45, 7) is 0.663. The minimum absolute atomic E-state index is 0.00649. The van der Waals surface area contributed by atoms with Crippen molar-refractivity contribution >= 4 is 17.5 Å². The van der Waals surface area contributed by atoms with Crippen molar-refractivity contribution in [3.05, 3.63) is 72.2 Å². The zero-order chi connectivity index (χ0) is 17.9. The van der Waals surface area contributed by atoms with E-state index < -0.39 is 0 Å². The smallest absolute Gasteiger partial charge is 0.169 e. The Bertz CT molecular complexity index is 906. The van der Waals surface area contributed by atoms with Crippen molar-refractivity contribution < 1.29 is 9.18 Å². The third-order valence-corrected chi connectivity index (χ3v) is 5.96. The number of aromatic nitrogens is 2. The number of imidazole rings is 1. The SMILES string of the molecule is O=C1CCC[C@H]1Sc1ncc(-c2ccc(F)cc2)n1Cc1ccccc1. The van der Waals surface area contributed by atoms with Crippen LogP contribution in [0.2, 0.25) is 0 Å². The van der Waals surface area contributed by atoms with Gasteiger partial charge in [-0.15, -0.1) is 0 Å². The van der Waals surface area contributed by atoms with E-state index in [9.17, 15) is 9.18 Å². The molecule has 3 nitrogen and oxygen atoms in total. The Morgan fingerprint density at radius 1 is 1.12 bits per heavy atom. The van der Waals surface area contributed by atoms with Gasteiger partial charge < -0.3 is 4.57 Å². The normalized spacial score (nSPS) is 17.0. The first-order chi connectivity index (χ1) is 12.7. The van der Waals surface area contributed by atoms with E-state index in [2.05, 4.69) is 21.7 Å². The molecule has 0 spiro atoms. The highest BCUT2D eigenvalue weighted by Gasteiger charge is 2.27. The van der Waals surface area contributed by atoms with Crippen LogP contribution in [0.5, 0.6) is 0 Å². The van der Waals surface area contributed by atoms with E-state index in [1.807, 2.05) is 24.4 Å². The number of ketones is 1. The number of rotatable bonds is 5. The molecule has 5 heteroatoms. The lowest BCUT2D eigenvalue weighted by molar-refractivity contribution is -0.116. The van der Waals surface area contributed by atoms with Crippen LogP contribution in [0.3, 0.4) is 0 Å². The van der Waals surface area contributed by atoms with Crippen LogP contribution < -0.4 is 0 Å². The van der Waals surface area contributed by atoms with Crippen LogP contribution in [-0.4, -0.2) is 20.6 Å². The fourth-order valence-electron chi connectivity index (χ4n) is 3.26. The van der Waals surface area contributed by atoms with Crippen LogP contribution in [0.15, 0.2) is 66.0 Å². The lowest BCUT2D eigenvalue weighted by Crippen LogP contribution is -2.11. The third-order valence-electron chi connectivity index (χ3n) is 4.64. The Hall–Kier alpha value is -2.40. The number of carbonyl (C=O) groups excluding carboxylic acids is 1. The number of thioether (sulfide) groups is 1. The number of benzene rings is 2. The van der Waals surface area contributed by atoms with Crippen molar-refractivity contribution in [2.45, 2.75) is 36.2 Å². The number of carbonyl (C=O) groups is 1. The molecule has 1 heterocycles. The first-order valence-electron chi connectivity index (χ1n) is 8.75. The van der Waals surface area contributed by atoms with E-state index >= 15 is 0 Å². The Morgan fingerprint density at radius 3 is 2.58 bits per heavy atom. The monoisotopic (exact) mass is 366 g/mol. The standard InChI is InChI=1S/C21H19FN2OS/c22-17-11-9-16(10-12-17)18-13-23-21(26-20-8-4-7-19(20)25)24(18)14-15-5-2-1-3-6-15/h1-3,5-6,9-13,20H,4,7-8,14H2/t20-/m1/s1. The second-order valence-electron chi connectivity index (χ2n) is 6.47. The molecular weight excluding hydrogens is 347 g/mol. The zero-order valence-electron chi connectivity index (χ0n) is 14.3. The van der Waals surface area contributed by atoms with Crippen molar-refractivity contribution in [2.24, 2.45) is 0 Å². The molecule has 1 fully saturated rings. The minimum Gasteiger partial charge on any atom is -0.314 e. The van der Waals surface area contributed by atoms with Crippen molar-refractivity contribution in [1.82, 2.24) is 9.55 Å². The molecule has 4 rings (SSSR count). The molecule has 1 aliphatic rings. The van der Waals surface area contributed by atoms with Gasteiger partial charge in [-0.05, 0) is 48.2 Å². The van der Waals surface area contributed by atoms with Gasteiger partial charge in [-0.3, -0.25) is 4.79 Å². The molecule has 0 amide bonds. The molecule has 0 unspecified atom stereocenters. The van der Waals surface area contributed by atoms with Crippen LogP contribution in [0.4, 0.5) is 4.39 Å². The number of nitrogens with zero attached hydrogens (tertiary/aromatic N) is 2. The van der Waals surface area contributed by atoms with Gasteiger partial charge >= 0.3 is 0 Å². The highest BCUT2D eigenvalue weighted by atomic mass is 32.2. The number of halogens is 1. The van der Waals surface area contributed by atoms with Crippen molar-refractivity contribution in [3.63, 3.8) is 0 Å². The van der Waals surface area contributed by atoms with E-state index in [0.29, 0.717) is 18.7 Å². The molecule has 0 saturated heterocycles. The lowest BCUT2D eigenvalue weighted by Gasteiger charge is -2.14. The number of Topliss-reactive ketones (excluding diaryl/α,β-unsaturated/α-hetero) is 1. The Morgan fingerprint density at radius 2 is 1.88 bits per heavy atom. The first-order valence-corrected chi connectivity index (χ1v) is 9.63. The summed E-state index contributed by atoms with van der Waals surface area (Å²) in [5.74, 6) is 0.0571. The van der Waals surface area contributed by atoms with Gasteiger partial charge in [-0.1, -0.05) is 42.1 Å². The molecule has 1 atom stereocenters. The second kappa shape index (κ2) is 7.46. The van der Waals surface area contributed by atoms with Crippen molar-refractivity contribution in [3.8, 4) is 11.3 Å². The zero-order valence-corrected chi connectivity index (χ0v) is 15.1. The summed E-state index contributed by atoms with van der Waals surface area (Å²) in [5.41, 5.74) is 3.01. The molecule has 2 aromatic carbocycles. The maximum atomic E-state index is 13.3. The van der Waals surface area contributed by atoms with Crippen LogP contribution in [-0.2, 0) is 11.3 Å². The lowest BCUT2D eigenvalue weighted by atomic mass is 10.1. The molecule has 132 valence electrons. The molecule has 1 aromatic heterocycles. The Kier molecular flexibility index (Phi) is 4.89. The summed E-state index contributed by atoms with van der Waals surface area (Å²) in [4.78, 5) is 16.7. The van der Waals surface area contributed by atoms with E-state index in [1.54, 1.807) is 23.9 Å². The van der Waals surface area contributed by atoms with E-state index in [1.165, 1.54) is 12.1 Å². The summed E-state index contributed by atoms with van der Waals surface area (Å²) < 4.78 is 15.4. The molecule has 3 aromatic rings. The fourth-order valence-corrected chi connectivity index (χ4v) is 4.45. The van der Waals surface area contributed by atoms with E-state index in [-0.39, 0.29) is 11.1 Å². The van der Waals surface area contributed by atoms with Crippen LogP contribution in [0, 0.1) is 5.82 Å². The largest absolute Gasteiger partial charge is 0.314 e. The van der Waals surface area contributed by atoms with Gasteiger partial charge in [-0.25, -0.2) is 9.37 Å². The number of hydrogen-bond donors (Lipinski definition) is 0. The summed E-state index contributed by atoms with van der Waals surface area (Å²) in [7, 11) is 0. The van der Waals surface area contributed by atoms with Gasteiger partial charge in [0.25, 0.3) is 0 Å². The molecule has 0 aliphatic heterocycles. The van der Waals surface area contributed by atoms with Gasteiger partial charge in [0.05, 0.1) is 23.7 Å². The molecule has 1 saturated carbocycles. The topological polar surface area (TPSA) is 34.9 Å².